The Bertz CT molecular complexity index is 1340. The van der Waals surface area contributed by atoms with Crippen molar-refractivity contribution >= 4 is 32.7 Å². The highest BCUT2D eigenvalue weighted by Crippen LogP contribution is 2.32. The average Bonchev–Trinajstić information content (AvgIpc) is 3.45. The van der Waals surface area contributed by atoms with Crippen LogP contribution in [-0.4, -0.2) is 41.7 Å². The van der Waals surface area contributed by atoms with Crippen molar-refractivity contribution in [2.75, 3.05) is 20.3 Å². The van der Waals surface area contributed by atoms with Gasteiger partial charge in [0, 0.05) is 29.5 Å². The standard InChI is InChI=1S/C24H23N3O3S/c1-14-17-9-11-31-23(17)21-19(22(28)20-16(13-30-2)8-10-25-20)12-18(24(29)27(21)26-14)15-6-4-3-5-7-15/h3-7,9,11-12,16,20,25H,8,10,13H2,1-2H3. The highest BCUT2D eigenvalue weighted by molar-refractivity contribution is 7.18. The van der Waals surface area contributed by atoms with Gasteiger partial charge in [-0.05, 0) is 43.0 Å². The first kappa shape index (κ1) is 20.1. The van der Waals surface area contributed by atoms with Gasteiger partial charge in [-0.15, -0.1) is 11.3 Å². The van der Waals surface area contributed by atoms with E-state index in [1.54, 1.807) is 13.2 Å². The molecule has 0 saturated carbocycles. The van der Waals surface area contributed by atoms with Gasteiger partial charge in [0.05, 0.1) is 28.6 Å². The summed E-state index contributed by atoms with van der Waals surface area (Å²) < 4.78 is 7.69. The van der Waals surface area contributed by atoms with Gasteiger partial charge in [0.2, 0.25) is 0 Å². The van der Waals surface area contributed by atoms with Crippen LogP contribution in [0, 0.1) is 12.8 Å². The Morgan fingerprint density at radius 2 is 2.10 bits per heavy atom. The van der Waals surface area contributed by atoms with E-state index in [1.165, 1.54) is 15.9 Å². The number of nitrogens with one attached hydrogen (secondary N) is 1. The van der Waals surface area contributed by atoms with Gasteiger partial charge in [0.15, 0.2) is 5.78 Å². The lowest BCUT2D eigenvalue weighted by Crippen LogP contribution is -2.38. The number of benzene rings is 1. The lowest BCUT2D eigenvalue weighted by Gasteiger charge is -2.19. The summed E-state index contributed by atoms with van der Waals surface area (Å²) >= 11 is 1.53. The van der Waals surface area contributed by atoms with Gasteiger partial charge in [0.25, 0.3) is 5.56 Å². The second-order valence-corrected chi connectivity index (χ2v) is 8.87. The monoisotopic (exact) mass is 433 g/mol. The number of rotatable bonds is 5. The Morgan fingerprint density at radius 3 is 2.87 bits per heavy atom. The molecule has 0 radical (unpaired) electrons. The smallest absolute Gasteiger partial charge is 0.279 e. The van der Waals surface area contributed by atoms with Crippen molar-refractivity contribution in [2.24, 2.45) is 5.92 Å². The van der Waals surface area contributed by atoms with Crippen LogP contribution in [0.1, 0.15) is 22.5 Å². The normalized spacial score (nSPS) is 18.8. The maximum atomic E-state index is 13.8. The van der Waals surface area contributed by atoms with Gasteiger partial charge in [-0.3, -0.25) is 9.59 Å². The van der Waals surface area contributed by atoms with E-state index in [0.717, 1.165) is 34.3 Å². The molecule has 4 heterocycles. The zero-order valence-electron chi connectivity index (χ0n) is 17.4. The van der Waals surface area contributed by atoms with Crippen molar-refractivity contribution in [3.05, 3.63) is 69.5 Å². The molecule has 1 N–H and O–H groups in total. The molecule has 1 aliphatic heterocycles. The molecule has 2 unspecified atom stereocenters. The molecule has 2 atom stereocenters. The molecule has 0 spiro atoms. The van der Waals surface area contributed by atoms with Gasteiger partial charge in [-0.1, -0.05) is 30.3 Å². The van der Waals surface area contributed by atoms with Crippen molar-refractivity contribution in [3.8, 4) is 11.1 Å². The van der Waals surface area contributed by atoms with Crippen LogP contribution in [-0.2, 0) is 4.74 Å². The Hall–Kier alpha value is -2.87. The van der Waals surface area contributed by atoms with Gasteiger partial charge < -0.3 is 10.1 Å². The van der Waals surface area contributed by atoms with E-state index in [-0.39, 0.29) is 23.3 Å². The maximum absolute atomic E-state index is 13.8. The van der Waals surface area contributed by atoms with Crippen molar-refractivity contribution in [2.45, 2.75) is 19.4 Å². The Labute approximate surface area is 183 Å². The molecule has 1 saturated heterocycles. The molecule has 4 aromatic rings. The lowest BCUT2D eigenvalue weighted by atomic mass is 9.92. The number of thiophene rings is 1. The first-order chi connectivity index (χ1) is 15.1. The molecule has 7 heteroatoms. The summed E-state index contributed by atoms with van der Waals surface area (Å²) in [6, 6.07) is 12.9. The van der Waals surface area contributed by atoms with E-state index in [4.69, 9.17) is 4.74 Å². The first-order valence-corrected chi connectivity index (χ1v) is 11.2. The summed E-state index contributed by atoms with van der Waals surface area (Å²) in [5.74, 6) is 0.0801. The number of hydrogen-bond donors (Lipinski definition) is 1. The molecule has 158 valence electrons. The fraction of sp³-hybridized carbons (Fsp3) is 0.292. The van der Waals surface area contributed by atoms with E-state index >= 15 is 0 Å². The molecule has 0 bridgehead atoms. The third kappa shape index (κ3) is 3.29. The number of ketones is 1. The molecule has 5 rings (SSSR count). The zero-order chi connectivity index (χ0) is 21.5. The second-order valence-electron chi connectivity index (χ2n) is 7.95. The molecule has 0 aliphatic carbocycles. The summed E-state index contributed by atoms with van der Waals surface area (Å²) in [6.07, 6.45) is 0.881. The number of Topliss-reactive ketones (excluding diaryl/α,β-unsaturated/α-hetero) is 1. The number of nitrogens with zero attached hydrogens (tertiary/aromatic N) is 2. The topological polar surface area (TPSA) is 72.7 Å². The quantitative estimate of drug-likeness (QED) is 0.486. The number of aryl methyl sites for hydroxylation is 1. The molecular weight excluding hydrogens is 410 g/mol. The van der Waals surface area contributed by atoms with Gasteiger partial charge >= 0.3 is 0 Å². The number of methoxy groups -OCH3 is 1. The van der Waals surface area contributed by atoms with Crippen LogP contribution in [0.3, 0.4) is 0 Å². The van der Waals surface area contributed by atoms with Crippen molar-refractivity contribution in [1.82, 2.24) is 14.9 Å². The van der Waals surface area contributed by atoms with Gasteiger partial charge in [0.1, 0.15) is 0 Å². The summed E-state index contributed by atoms with van der Waals surface area (Å²) in [4.78, 5) is 27.3. The number of hydrogen-bond acceptors (Lipinski definition) is 6. The van der Waals surface area contributed by atoms with Gasteiger partial charge in [-0.25, -0.2) is 0 Å². The number of carbonyl (C=O) groups excluding carboxylic acids is 1. The zero-order valence-corrected chi connectivity index (χ0v) is 18.2. The third-order valence-corrected chi connectivity index (χ3v) is 6.98. The SMILES string of the molecule is COCC1CCNC1C(=O)c1cc(-c2ccccc2)c(=O)n2nc(C)c3ccsc3c12. The van der Waals surface area contributed by atoms with Crippen LogP contribution in [0.25, 0.3) is 26.7 Å². The Kier molecular flexibility index (Phi) is 5.17. The Morgan fingerprint density at radius 1 is 1.29 bits per heavy atom. The lowest BCUT2D eigenvalue weighted by molar-refractivity contribution is 0.0873. The van der Waals surface area contributed by atoms with E-state index < -0.39 is 0 Å². The van der Waals surface area contributed by atoms with Crippen molar-refractivity contribution in [3.63, 3.8) is 0 Å². The molecule has 1 aromatic carbocycles. The van der Waals surface area contributed by atoms with Crippen LogP contribution in [0.4, 0.5) is 0 Å². The maximum Gasteiger partial charge on any atom is 0.279 e. The van der Waals surface area contributed by atoms with E-state index in [1.807, 2.05) is 48.7 Å². The second kappa shape index (κ2) is 8.00. The Balaban J connectivity index is 1.81. The largest absolute Gasteiger partial charge is 0.384 e. The van der Waals surface area contributed by atoms with Crippen molar-refractivity contribution in [1.29, 1.82) is 0 Å². The van der Waals surface area contributed by atoms with Crippen LogP contribution in [0.5, 0.6) is 0 Å². The summed E-state index contributed by atoms with van der Waals surface area (Å²) in [5, 5.41) is 10.9. The minimum atomic E-state index is -0.346. The number of fused-ring (bicyclic) bond motifs is 3. The summed E-state index contributed by atoms with van der Waals surface area (Å²) in [5.41, 5.74) is 2.92. The minimum absolute atomic E-state index is 0.0189. The number of carbonyl (C=O) groups is 1. The predicted octanol–water partition coefficient (Wildman–Crippen LogP) is 3.69. The minimum Gasteiger partial charge on any atom is -0.384 e. The number of aromatic nitrogens is 2. The van der Waals surface area contributed by atoms with E-state index in [9.17, 15) is 9.59 Å². The number of pyridine rings is 1. The fourth-order valence-corrected chi connectivity index (χ4v) is 5.53. The molecule has 31 heavy (non-hydrogen) atoms. The first-order valence-electron chi connectivity index (χ1n) is 10.4. The van der Waals surface area contributed by atoms with E-state index in [0.29, 0.717) is 23.3 Å². The van der Waals surface area contributed by atoms with Crippen LogP contribution < -0.4 is 10.9 Å². The highest BCUT2D eigenvalue weighted by atomic mass is 32.1. The average molecular weight is 434 g/mol. The molecule has 1 aliphatic rings. The van der Waals surface area contributed by atoms with E-state index in [2.05, 4.69) is 10.4 Å². The molecule has 6 nitrogen and oxygen atoms in total. The van der Waals surface area contributed by atoms with Crippen LogP contribution >= 0.6 is 11.3 Å². The number of ether oxygens (including phenoxy) is 1. The third-order valence-electron chi connectivity index (χ3n) is 6.06. The highest BCUT2D eigenvalue weighted by Gasteiger charge is 2.35. The molecule has 1 fully saturated rings. The fourth-order valence-electron chi connectivity index (χ4n) is 4.54. The summed E-state index contributed by atoms with van der Waals surface area (Å²) in [6.45, 7) is 3.18. The molecule has 3 aromatic heterocycles. The van der Waals surface area contributed by atoms with Crippen molar-refractivity contribution < 1.29 is 9.53 Å². The molecular formula is C24H23N3O3S. The summed E-state index contributed by atoms with van der Waals surface area (Å²) in [7, 11) is 1.66. The van der Waals surface area contributed by atoms with Gasteiger partial charge in [-0.2, -0.15) is 9.61 Å². The van der Waals surface area contributed by atoms with Crippen LogP contribution in [0.2, 0.25) is 0 Å². The predicted molar refractivity (Wildman–Crippen MR) is 123 cm³/mol. The molecule has 0 amide bonds. The van der Waals surface area contributed by atoms with Crippen LogP contribution in [0.15, 0.2) is 52.6 Å².